The van der Waals surface area contributed by atoms with Crippen LogP contribution in [0.3, 0.4) is 0 Å². The van der Waals surface area contributed by atoms with Crippen LogP contribution in [-0.4, -0.2) is 10.1 Å². The SMILES string of the molecule is CC(C)(c1nc(Cl)no1)C1CCC1. The Morgan fingerprint density at radius 1 is 1.46 bits per heavy atom. The molecule has 0 saturated heterocycles. The van der Waals surface area contributed by atoms with E-state index in [1.54, 1.807) is 0 Å². The molecule has 0 aromatic carbocycles. The smallest absolute Gasteiger partial charge is 0.263 e. The molecule has 3 nitrogen and oxygen atoms in total. The molecule has 0 bridgehead atoms. The molecule has 1 aromatic heterocycles. The summed E-state index contributed by atoms with van der Waals surface area (Å²) in [4.78, 5) is 4.07. The number of nitrogens with zero attached hydrogens (tertiary/aromatic N) is 2. The molecular weight excluding hydrogens is 188 g/mol. The third-order valence-corrected chi connectivity index (χ3v) is 3.23. The number of rotatable bonds is 2. The maximum absolute atomic E-state index is 5.62. The third-order valence-electron chi connectivity index (χ3n) is 3.08. The van der Waals surface area contributed by atoms with Gasteiger partial charge in [-0.25, -0.2) is 0 Å². The molecule has 1 aromatic rings. The number of hydrogen-bond acceptors (Lipinski definition) is 3. The molecule has 1 heterocycles. The van der Waals surface area contributed by atoms with Gasteiger partial charge in [0.25, 0.3) is 5.28 Å². The van der Waals surface area contributed by atoms with Crippen LogP contribution in [0.2, 0.25) is 5.28 Å². The second kappa shape index (κ2) is 2.98. The Labute approximate surface area is 82.5 Å². The summed E-state index contributed by atoms with van der Waals surface area (Å²) >= 11 is 5.62. The lowest BCUT2D eigenvalue weighted by Crippen LogP contribution is -2.33. The van der Waals surface area contributed by atoms with Gasteiger partial charge in [-0.15, -0.1) is 0 Å². The van der Waals surface area contributed by atoms with E-state index in [0.29, 0.717) is 11.8 Å². The first-order valence-electron chi connectivity index (χ1n) is 4.60. The summed E-state index contributed by atoms with van der Waals surface area (Å²) in [6.07, 6.45) is 3.83. The molecule has 1 aliphatic carbocycles. The van der Waals surface area contributed by atoms with E-state index in [2.05, 4.69) is 24.0 Å². The van der Waals surface area contributed by atoms with Crippen molar-refractivity contribution in [1.29, 1.82) is 0 Å². The van der Waals surface area contributed by atoms with Crippen molar-refractivity contribution >= 4 is 11.6 Å². The van der Waals surface area contributed by atoms with Crippen LogP contribution >= 0.6 is 11.6 Å². The summed E-state index contributed by atoms with van der Waals surface area (Å²) in [5.74, 6) is 1.34. The van der Waals surface area contributed by atoms with Crippen LogP contribution in [0.4, 0.5) is 0 Å². The fourth-order valence-corrected chi connectivity index (χ4v) is 1.88. The second-order valence-electron chi connectivity index (χ2n) is 4.22. The highest BCUT2D eigenvalue weighted by Crippen LogP contribution is 2.43. The van der Waals surface area contributed by atoms with Gasteiger partial charge < -0.3 is 4.52 Å². The van der Waals surface area contributed by atoms with Crippen LogP contribution in [0.25, 0.3) is 0 Å². The molecule has 4 heteroatoms. The molecule has 1 saturated carbocycles. The van der Waals surface area contributed by atoms with Crippen molar-refractivity contribution < 1.29 is 4.52 Å². The molecule has 72 valence electrons. The molecule has 0 radical (unpaired) electrons. The van der Waals surface area contributed by atoms with Gasteiger partial charge in [-0.1, -0.05) is 20.3 Å². The quantitative estimate of drug-likeness (QED) is 0.737. The van der Waals surface area contributed by atoms with Crippen LogP contribution < -0.4 is 0 Å². The van der Waals surface area contributed by atoms with Crippen molar-refractivity contribution in [3.63, 3.8) is 0 Å². The number of hydrogen-bond donors (Lipinski definition) is 0. The van der Waals surface area contributed by atoms with E-state index in [-0.39, 0.29) is 10.7 Å². The van der Waals surface area contributed by atoms with Gasteiger partial charge in [0.15, 0.2) is 0 Å². The summed E-state index contributed by atoms with van der Waals surface area (Å²) in [5, 5.41) is 3.81. The Morgan fingerprint density at radius 3 is 2.54 bits per heavy atom. The van der Waals surface area contributed by atoms with Crippen LogP contribution in [0, 0.1) is 5.92 Å². The first kappa shape index (κ1) is 9.00. The normalized spacial score (nSPS) is 18.7. The minimum Gasteiger partial charge on any atom is -0.337 e. The average molecular weight is 201 g/mol. The van der Waals surface area contributed by atoms with Crippen LogP contribution in [0.15, 0.2) is 4.52 Å². The third kappa shape index (κ3) is 1.46. The van der Waals surface area contributed by atoms with Crippen LogP contribution in [-0.2, 0) is 5.41 Å². The molecule has 0 amide bonds. The zero-order chi connectivity index (χ0) is 9.47. The van der Waals surface area contributed by atoms with E-state index in [4.69, 9.17) is 16.1 Å². The van der Waals surface area contributed by atoms with Gasteiger partial charge in [0.05, 0.1) is 0 Å². The Balaban J connectivity index is 2.22. The minimum absolute atomic E-state index is 0.0155. The topological polar surface area (TPSA) is 38.9 Å². The van der Waals surface area contributed by atoms with Crippen molar-refractivity contribution in [2.75, 3.05) is 0 Å². The van der Waals surface area contributed by atoms with E-state index < -0.39 is 0 Å². The highest BCUT2D eigenvalue weighted by atomic mass is 35.5. The molecule has 2 rings (SSSR count). The van der Waals surface area contributed by atoms with Crippen molar-refractivity contribution in [2.45, 2.75) is 38.5 Å². The molecular formula is C9H13ClN2O. The summed E-state index contributed by atoms with van der Waals surface area (Å²) in [7, 11) is 0. The molecule has 1 fully saturated rings. The van der Waals surface area contributed by atoms with Crippen molar-refractivity contribution in [1.82, 2.24) is 10.1 Å². The summed E-state index contributed by atoms with van der Waals surface area (Å²) in [6.45, 7) is 4.28. The Bertz CT molecular complexity index is 304. The second-order valence-corrected chi connectivity index (χ2v) is 4.56. The lowest BCUT2D eigenvalue weighted by molar-refractivity contribution is 0.153. The molecule has 0 N–H and O–H groups in total. The van der Waals surface area contributed by atoms with Gasteiger partial charge >= 0.3 is 0 Å². The molecule has 0 spiro atoms. The monoisotopic (exact) mass is 200 g/mol. The van der Waals surface area contributed by atoms with Crippen LogP contribution in [0.1, 0.15) is 39.0 Å². The predicted octanol–water partition coefficient (Wildman–Crippen LogP) is 2.80. The summed E-state index contributed by atoms with van der Waals surface area (Å²) in [6, 6.07) is 0. The molecule has 1 aliphatic rings. The fraction of sp³-hybridized carbons (Fsp3) is 0.778. The Kier molecular flexibility index (Phi) is 2.06. The van der Waals surface area contributed by atoms with Crippen molar-refractivity contribution in [3.8, 4) is 0 Å². The molecule has 0 atom stereocenters. The van der Waals surface area contributed by atoms with E-state index in [9.17, 15) is 0 Å². The van der Waals surface area contributed by atoms with Crippen molar-refractivity contribution in [3.05, 3.63) is 11.2 Å². The molecule has 0 unspecified atom stereocenters. The van der Waals surface area contributed by atoms with Gasteiger partial charge in [-0.2, -0.15) is 4.98 Å². The van der Waals surface area contributed by atoms with Gasteiger partial charge in [0.1, 0.15) is 0 Å². The van der Waals surface area contributed by atoms with Gasteiger partial charge in [0, 0.05) is 5.41 Å². The largest absolute Gasteiger partial charge is 0.337 e. The maximum Gasteiger partial charge on any atom is 0.263 e. The number of aromatic nitrogens is 2. The molecule has 13 heavy (non-hydrogen) atoms. The Hall–Kier alpha value is -0.570. The summed E-state index contributed by atoms with van der Waals surface area (Å²) < 4.78 is 5.09. The standard InChI is InChI=1S/C9H13ClN2O/c1-9(2,6-4-3-5-6)7-11-8(10)12-13-7/h6H,3-5H2,1-2H3. The van der Waals surface area contributed by atoms with Gasteiger partial charge in [0.2, 0.25) is 5.89 Å². The van der Waals surface area contributed by atoms with Gasteiger partial charge in [-0.05, 0) is 35.5 Å². The zero-order valence-corrected chi connectivity index (χ0v) is 8.64. The lowest BCUT2D eigenvalue weighted by atomic mass is 9.67. The number of halogens is 1. The lowest BCUT2D eigenvalue weighted by Gasteiger charge is -2.37. The highest BCUT2D eigenvalue weighted by molar-refractivity contribution is 6.28. The van der Waals surface area contributed by atoms with E-state index >= 15 is 0 Å². The average Bonchev–Trinajstić information content (AvgIpc) is 2.30. The predicted molar refractivity (Wildman–Crippen MR) is 49.7 cm³/mol. The highest BCUT2D eigenvalue weighted by Gasteiger charge is 2.39. The van der Waals surface area contributed by atoms with E-state index in [1.165, 1.54) is 19.3 Å². The minimum atomic E-state index is -0.0155. The van der Waals surface area contributed by atoms with Crippen LogP contribution in [0.5, 0.6) is 0 Å². The maximum atomic E-state index is 5.62. The first-order chi connectivity index (χ1) is 6.10. The van der Waals surface area contributed by atoms with Crippen molar-refractivity contribution in [2.24, 2.45) is 5.92 Å². The summed E-state index contributed by atoms with van der Waals surface area (Å²) in [5.41, 5.74) is -0.0155. The zero-order valence-electron chi connectivity index (χ0n) is 7.88. The Morgan fingerprint density at radius 2 is 2.15 bits per heavy atom. The van der Waals surface area contributed by atoms with Gasteiger partial charge in [-0.3, -0.25) is 0 Å². The van der Waals surface area contributed by atoms with E-state index in [0.717, 1.165) is 0 Å². The first-order valence-corrected chi connectivity index (χ1v) is 4.98. The fourth-order valence-electron chi connectivity index (χ4n) is 1.77. The van der Waals surface area contributed by atoms with E-state index in [1.807, 2.05) is 0 Å². The molecule has 0 aliphatic heterocycles.